The molecule has 0 saturated carbocycles. The van der Waals surface area contributed by atoms with Crippen LogP contribution in [0.5, 0.6) is 11.5 Å². The van der Waals surface area contributed by atoms with Crippen molar-refractivity contribution in [3.63, 3.8) is 0 Å². The molecule has 0 amide bonds. The second-order valence-corrected chi connectivity index (χ2v) is 7.51. The van der Waals surface area contributed by atoms with E-state index >= 15 is 0 Å². The zero-order chi connectivity index (χ0) is 23.2. The molecule has 0 bridgehead atoms. The van der Waals surface area contributed by atoms with Gasteiger partial charge in [0, 0.05) is 6.20 Å². The molecular formula is C23H16F3N3O4. The van der Waals surface area contributed by atoms with Crippen LogP contribution in [0.1, 0.15) is 16.7 Å². The van der Waals surface area contributed by atoms with Gasteiger partial charge in [0.15, 0.2) is 17.0 Å². The average molecular weight is 455 g/mol. The Labute approximate surface area is 184 Å². The molecule has 10 heteroatoms. The van der Waals surface area contributed by atoms with Gasteiger partial charge in [-0.1, -0.05) is 18.2 Å². The van der Waals surface area contributed by atoms with Crippen LogP contribution in [-0.4, -0.2) is 20.9 Å². The lowest BCUT2D eigenvalue weighted by Gasteiger charge is -2.14. The Kier molecular flexibility index (Phi) is 4.92. The van der Waals surface area contributed by atoms with Crippen molar-refractivity contribution in [1.29, 1.82) is 0 Å². The molecule has 0 aliphatic carbocycles. The van der Waals surface area contributed by atoms with E-state index < -0.39 is 23.0 Å². The molecule has 4 aromatic rings. The number of alkyl halides is 3. The summed E-state index contributed by atoms with van der Waals surface area (Å²) in [5.74, 6) is 1.09. The summed E-state index contributed by atoms with van der Waals surface area (Å²) in [6, 6.07) is 12.8. The van der Waals surface area contributed by atoms with Crippen molar-refractivity contribution in [3.05, 3.63) is 98.3 Å². The van der Waals surface area contributed by atoms with Crippen molar-refractivity contribution in [2.75, 3.05) is 6.79 Å². The molecule has 0 atom stereocenters. The summed E-state index contributed by atoms with van der Waals surface area (Å²) in [5.41, 5.74) is -0.426. The van der Waals surface area contributed by atoms with E-state index in [1.165, 1.54) is 22.9 Å². The van der Waals surface area contributed by atoms with Crippen molar-refractivity contribution in [2.45, 2.75) is 19.3 Å². The maximum absolute atomic E-state index is 13.3. The lowest BCUT2D eigenvalue weighted by atomic mass is 10.1. The molecule has 33 heavy (non-hydrogen) atoms. The summed E-state index contributed by atoms with van der Waals surface area (Å²) < 4.78 is 51.7. The van der Waals surface area contributed by atoms with Crippen LogP contribution in [0.25, 0.3) is 11.0 Å². The summed E-state index contributed by atoms with van der Waals surface area (Å²) in [5, 5.41) is 0. The highest BCUT2D eigenvalue weighted by molar-refractivity contribution is 5.73. The molecule has 5 rings (SSSR count). The van der Waals surface area contributed by atoms with Crippen molar-refractivity contribution in [3.8, 4) is 11.5 Å². The molecule has 168 valence electrons. The molecule has 0 fully saturated rings. The van der Waals surface area contributed by atoms with E-state index in [0.29, 0.717) is 28.1 Å². The van der Waals surface area contributed by atoms with Gasteiger partial charge >= 0.3 is 11.9 Å². The summed E-state index contributed by atoms with van der Waals surface area (Å²) in [7, 11) is 0. The maximum Gasteiger partial charge on any atom is 0.416 e. The Hall–Kier alpha value is -4.08. The zero-order valence-corrected chi connectivity index (χ0v) is 17.0. The second-order valence-electron chi connectivity index (χ2n) is 7.51. The predicted molar refractivity (Wildman–Crippen MR) is 112 cm³/mol. The molecule has 0 unspecified atom stereocenters. The monoisotopic (exact) mass is 455 g/mol. The van der Waals surface area contributed by atoms with Crippen LogP contribution < -0.4 is 20.7 Å². The minimum atomic E-state index is -4.45. The number of hydrogen-bond donors (Lipinski definition) is 0. The molecule has 0 N–H and O–H groups in total. The largest absolute Gasteiger partial charge is 0.454 e. The van der Waals surface area contributed by atoms with E-state index in [1.54, 1.807) is 30.3 Å². The third-order valence-electron chi connectivity index (χ3n) is 5.39. The molecule has 2 aromatic heterocycles. The Bertz CT molecular complexity index is 1470. The number of halogens is 3. The first-order valence-electron chi connectivity index (χ1n) is 9.94. The van der Waals surface area contributed by atoms with Crippen molar-refractivity contribution in [2.24, 2.45) is 0 Å². The molecule has 1 aliphatic rings. The Morgan fingerprint density at radius 1 is 0.879 bits per heavy atom. The number of aromatic nitrogens is 3. The molecule has 2 aromatic carbocycles. The number of ether oxygens (including phenoxy) is 2. The van der Waals surface area contributed by atoms with Crippen LogP contribution in [0.15, 0.2) is 70.4 Å². The van der Waals surface area contributed by atoms with E-state index in [-0.39, 0.29) is 25.4 Å². The Morgan fingerprint density at radius 2 is 1.58 bits per heavy atom. The van der Waals surface area contributed by atoms with Gasteiger partial charge in [-0.2, -0.15) is 13.2 Å². The van der Waals surface area contributed by atoms with Crippen molar-refractivity contribution >= 4 is 11.0 Å². The minimum absolute atomic E-state index is 0.0272. The van der Waals surface area contributed by atoms with Crippen LogP contribution in [0.3, 0.4) is 0 Å². The molecular weight excluding hydrogens is 439 g/mol. The highest BCUT2D eigenvalue weighted by Gasteiger charge is 2.30. The Morgan fingerprint density at radius 3 is 2.33 bits per heavy atom. The van der Waals surface area contributed by atoms with E-state index in [9.17, 15) is 22.8 Å². The Balaban J connectivity index is 1.58. The summed E-state index contributed by atoms with van der Waals surface area (Å²) in [6.07, 6.45) is -3.01. The lowest BCUT2D eigenvalue weighted by molar-refractivity contribution is -0.137. The van der Waals surface area contributed by atoms with Crippen LogP contribution in [-0.2, 0) is 19.3 Å². The van der Waals surface area contributed by atoms with Crippen LogP contribution in [0.4, 0.5) is 13.2 Å². The lowest BCUT2D eigenvalue weighted by Crippen LogP contribution is -2.40. The quantitative estimate of drug-likeness (QED) is 0.472. The average Bonchev–Trinajstić information content (AvgIpc) is 3.27. The van der Waals surface area contributed by atoms with Crippen molar-refractivity contribution < 1.29 is 22.6 Å². The van der Waals surface area contributed by atoms with Crippen molar-refractivity contribution in [1.82, 2.24) is 14.1 Å². The van der Waals surface area contributed by atoms with E-state index in [1.807, 2.05) is 0 Å². The number of hydrogen-bond acceptors (Lipinski definition) is 5. The third-order valence-corrected chi connectivity index (χ3v) is 5.39. The highest BCUT2D eigenvalue weighted by atomic mass is 19.4. The fourth-order valence-electron chi connectivity index (χ4n) is 3.74. The van der Waals surface area contributed by atoms with Crippen LogP contribution in [0.2, 0.25) is 0 Å². The van der Waals surface area contributed by atoms with Gasteiger partial charge in [-0.25, -0.2) is 9.78 Å². The molecule has 7 nitrogen and oxygen atoms in total. The first-order valence-corrected chi connectivity index (χ1v) is 9.94. The summed E-state index contributed by atoms with van der Waals surface area (Å²) >= 11 is 0. The minimum Gasteiger partial charge on any atom is -0.454 e. The standard InChI is InChI=1S/C23H16F3N3O4/c24-23(25,26)16-6-3-14(4-7-16)11-28-17-2-1-9-27-20(17)21(30)29(22(28)31)12-15-5-8-18-19(10-15)33-13-32-18/h1-10H,11-13H2. The highest BCUT2D eigenvalue weighted by Crippen LogP contribution is 2.32. The van der Waals surface area contributed by atoms with Gasteiger partial charge in [0.2, 0.25) is 6.79 Å². The first-order chi connectivity index (χ1) is 15.8. The van der Waals surface area contributed by atoms with E-state index in [2.05, 4.69) is 4.98 Å². The van der Waals surface area contributed by atoms with Crippen LogP contribution in [0, 0.1) is 0 Å². The summed E-state index contributed by atoms with van der Waals surface area (Å²) in [4.78, 5) is 30.5. The second kappa shape index (κ2) is 7.80. The van der Waals surface area contributed by atoms with Gasteiger partial charge in [-0.15, -0.1) is 0 Å². The van der Waals surface area contributed by atoms with E-state index in [4.69, 9.17) is 9.47 Å². The van der Waals surface area contributed by atoms with E-state index in [0.717, 1.165) is 16.7 Å². The number of rotatable bonds is 4. The number of pyridine rings is 1. The molecule has 1 aliphatic heterocycles. The topological polar surface area (TPSA) is 75.4 Å². The molecule has 0 saturated heterocycles. The van der Waals surface area contributed by atoms with Gasteiger partial charge in [0.1, 0.15) is 0 Å². The first kappa shape index (κ1) is 20.8. The normalized spacial score (nSPS) is 12.9. The summed E-state index contributed by atoms with van der Waals surface area (Å²) in [6.45, 7) is 0.0347. The smallest absolute Gasteiger partial charge is 0.416 e. The number of nitrogens with zero attached hydrogens (tertiary/aromatic N) is 3. The molecule has 0 radical (unpaired) electrons. The van der Waals surface area contributed by atoms with Crippen LogP contribution >= 0.6 is 0 Å². The molecule has 0 spiro atoms. The van der Waals surface area contributed by atoms with Gasteiger partial charge in [0.25, 0.3) is 5.56 Å². The third kappa shape index (κ3) is 3.84. The van der Waals surface area contributed by atoms with Gasteiger partial charge in [0.05, 0.1) is 24.2 Å². The van der Waals surface area contributed by atoms with Gasteiger partial charge in [-0.05, 0) is 47.5 Å². The fourth-order valence-corrected chi connectivity index (χ4v) is 3.74. The number of fused-ring (bicyclic) bond motifs is 2. The predicted octanol–water partition coefficient (Wildman–Crippen LogP) is 3.40. The fraction of sp³-hybridized carbons (Fsp3) is 0.174. The van der Waals surface area contributed by atoms with Gasteiger partial charge in [-0.3, -0.25) is 13.9 Å². The maximum atomic E-state index is 13.3. The number of benzene rings is 2. The zero-order valence-electron chi connectivity index (χ0n) is 17.0. The van der Waals surface area contributed by atoms with Gasteiger partial charge < -0.3 is 9.47 Å². The SMILES string of the molecule is O=c1c2ncccc2n(Cc2ccc(C(F)(F)F)cc2)c(=O)n1Cc1ccc2c(c1)OCO2. The molecule has 3 heterocycles.